The Morgan fingerprint density at radius 1 is 0.862 bits per heavy atom. The summed E-state index contributed by atoms with van der Waals surface area (Å²) in [6.45, 7) is 1.50. The first-order valence-electron chi connectivity index (χ1n) is 8.80. The molecule has 146 valence electrons. The number of hydrogen-bond donors (Lipinski definition) is 2. The molecule has 3 aromatic rings. The summed E-state index contributed by atoms with van der Waals surface area (Å²) in [7, 11) is 1.29. The Balaban J connectivity index is 1.75. The van der Waals surface area contributed by atoms with E-state index in [1.165, 1.54) is 26.3 Å². The van der Waals surface area contributed by atoms with E-state index in [1.54, 1.807) is 48.5 Å². The van der Waals surface area contributed by atoms with Gasteiger partial charge >= 0.3 is 5.97 Å². The SMILES string of the molecule is COC(=O)c1cccc(NC(=O)c2cc(Nc3cccc(C(C)=O)c3)ccn2)c1. The van der Waals surface area contributed by atoms with Crippen LogP contribution < -0.4 is 10.6 Å². The van der Waals surface area contributed by atoms with Gasteiger partial charge in [-0.25, -0.2) is 4.79 Å². The lowest BCUT2D eigenvalue weighted by atomic mass is 10.1. The molecule has 0 aliphatic rings. The predicted molar refractivity (Wildman–Crippen MR) is 110 cm³/mol. The number of ether oxygens (including phenoxy) is 1. The second-order valence-electron chi connectivity index (χ2n) is 6.22. The van der Waals surface area contributed by atoms with Gasteiger partial charge in [0.25, 0.3) is 5.91 Å². The third-order valence-corrected chi connectivity index (χ3v) is 4.09. The fourth-order valence-electron chi connectivity index (χ4n) is 2.65. The average molecular weight is 389 g/mol. The maximum atomic E-state index is 12.6. The minimum atomic E-state index is -0.488. The van der Waals surface area contributed by atoms with Crippen LogP contribution in [0.1, 0.15) is 38.1 Å². The van der Waals surface area contributed by atoms with Gasteiger partial charge in [-0.1, -0.05) is 18.2 Å². The summed E-state index contributed by atoms with van der Waals surface area (Å²) in [5.41, 5.74) is 2.94. The van der Waals surface area contributed by atoms with E-state index in [0.29, 0.717) is 22.5 Å². The highest BCUT2D eigenvalue weighted by Crippen LogP contribution is 2.19. The van der Waals surface area contributed by atoms with Gasteiger partial charge in [-0.3, -0.25) is 14.6 Å². The van der Waals surface area contributed by atoms with Crippen molar-refractivity contribution < 1.29 is 19.1 Å². The maximum absolute atomic E-state index is 12.6. The zero-order chi connectivity index (χ0) is 20.8. The van der Waals surface area contributed by atoms with Gasteiger partial charge in [0.1, 0.15) is 5.69 Å². The number of rotatable bonds is 6. The van der Waals surface area contributed by atoms with E-state index < -0.39 is 11.9 Å². The predicted octanol–water partition coefficient (Wildman–Crippen LogP) is 4.07. The van der Waals surface area contributed by atoms with Gasteiger partial charge < -0.3 is 15.4 Å². The Bertz CT molecular complexity index is 1080. The molecule has 0 saturated carbocycles. The fraction of sp³-hybridized carbons (Fsp3) is 0.0909. The number of esters is 1. The number of pyridine rings is 1. The lowest BCUT2D eigenvalue weighted by molar-refractivity contribution is 0.0600. The molecule has 1 aromatic heterocycles. The summed E-state index contributed by atoms with van der Waals surface area (Å²) in [6.07, 6.45) is 1.51. The van der Waals surface area contributed by atoms with Gasteiger partial charge in [-0.05, 0) is 49.4 Å². The van der Waals surface area contributed by atoms with E-state index in [1.807, 2.05) is 6.07 Å². The van der Waals surface area contributed by atoms with Crippen molar-refractivity contribution in [3.63, 3.8) is 0 Å². The van der Waals surface area contributed by atoms with E-state index in [2.05, 4.69) is 20.4 Å². The third-order valence-electron chi connectivity index (χ3n) is 4.09. The van der Waals surface area contributed by atoms with Crippen LogP contribution in [0.2, 0.25) is 0 Å². The van der Waals surface area contributed by atoms with Gasteiger partial charge in [0.05, 0.1) is 12.7 Å². The number of anilines is 3. The molecule has 0 radical (unpaired) electrons. The number of Topliss-reactive ketones (excluding diaryl/α,β-unsaturated/α-hetero) is 1. The van der Waals surface area contributed by atoms with E-state index in [-0.39, 0.29) is 11.5 Å². The van der Waals surface area contributed by atoms with Gasteiger partial charge in [0.15, 0.2) is 5.78 Å². The molecule has 0 aliphatic heterocycles. The molecule has 1 amide bonds. The van der Waals surface area contributed by atoms with Crippen LogP contribution in [0.3, 0.4) is 0 Å². The summed E-state index contributed by atoms with van der Waals surface area (Å²) in [6, 6.07) is 16.8. The number of aromatic nitrogens is 1. The van der Waals surface area contributed by atoms with Crippen molar-refractivity contribution in [2.24, 2.45) is 0 Å². The molecule has 7 nitrogen and oxygen atoms in total. The minimum Gasteiger partial charge on any atom is -0.465 e. The molecule has 7 heteroatoms. The van der Waals surface area contributed by atoms with Crippen LogP contribution >= 0.6 is 0 Å². The van der Waals surface area contributed by atoms with Crippen LogP contribution in [0.5, 0.6) is 0 Å². The van der Waals surface area contributed by atoms with Crippen LogP contribution in [0, 0.1) is 0 Å². The zero-order valence-electron chi connectivity index (χ0n) is 15.9. The molecule has 1 heterocycles. The van der Waals surface area contributed by atoms with Gasteiger partial charge in [0, 0.05) is 28.8 Å². The van der Waals surface area contributed by atoms with E-state index in [0.717, 1.165) is 5.69 Å². The molecule has 0 bridgehead atoms. The van der Waals surface area contributed by atoms with Crippen LogP contribution in [0.25, 0.3) is 0 Å². The number of nitrogens with one attached hydrogen (secondary N) is 2. The van der Waals surface area contributed by atoms with Crippen molar-refractivity contribution in [2.45, 2.75) is 6.92 Å². The smallest absolute Gasteiger partial charge is 0.337 e. The molecule has 0 atom stereocenters. The van der Waals surface area contributed by atoms with Gasteiger partial charge in [0.2, 0.25) is 0 Å². The Morgan fingerprint density at radius 2 is 1.52 bits per heavy atom. The highest BCUT2D eigenvalue weighted by atomic mass is 16.5. The Hall–Kier alpha value is -4.00. The van der Waals surface area contributed by atoms with Crippen LogP contribution in [0.15, 0.2) is 66.9 Å². The Labute approximate surface area is 167 Å². The topological polar surface area (TPSA) is 97.4 Å². The standard InChI is InChI=1S/C22H19N3O4/c1-14(26)15-5-3-7-17(11-15)24-19-9-10-23-20(13-19)21(27)25-18-8-4-6-16(12-18)22(28)29-2/h3-13H,1-2H3,(H,23,24)(H,25,27). The quantitative estimate of drug-likeness (QED) is 0.487. The molecular formula is C22H19N3O4. The Morgan fingerprint density at radius 3 is 2.24 bits per heavy atom. The van der Waals surface area contributed by atoms with E-state index in [4.69, 9.17) is 0 Å². The number of nitrogens with zero attached hydrogens (tertiary/aromatic N) is 1. The third kappa shape index (κ3) is 5.04. The monoisotopic (exact) mass is 389 g/mol. The van der Waals surface area contributed by atoms with Gasteiger partial charge in [-0.2, -0.15) is 0 Å². The fourth-order valence-corrected chi connectivity index (χ4v) is 2.65. The molecule has 0 saturated heterocycles. The van der Waals surface area contributed by atoms with Crippen molar-refractivity contribution in [2.75, 3.05) is 17.7 Å². The number of carbonyl (C=O) groups is 3. The van der Waals surface area contributed by atoms with Crippen molar-refractivity contribution in [3.05, 3.63) is 83.7 Å². The van der Waals surface area contributed by atoms with Crippen LogP contribution in [-0.4, -0.2) is 29.8 Å². The lowest BCUT2D eigenvalue weighted by Gasteiger charge is -2.10. The maximum Gasteiger partial charge on any atom is 0.337 e. The molecule has 0 aliphatic carbocycles. The van der Waals surface area contributed by atoms with Crippen molar-refractivity contribution >= 4 is 34.7 Å². The second kappa shape index (κ2) is 8.79. The molecule has 0 spiro atoms. The van der Waals surface area contributed by atoms with Gasteiger partial charge in [-0.15, -0.1) is 0 Å². The lowest BCUT2D eigenvalue weighted by Crippen LogP contribution is -2.14. The number of amides is 1. The largest absolute Gasteiger partial charge is 0.465 e. The number of hydrogen-bond acceptors (Lipinski definition) is 6. The molecule has 3 rings (SSSR count). The number of ketones is 1. The van der Waals surface area contributed by atoms with Crippen molar-refractivity contribution in [3.8, 4) is 0 Å². The highest BCUT2D eigenvalue weighted by Gasteiger charge is 2.11. The summed E-state index contributed by atoms with van der Waals surface area (Å²) in [5, 5.41) is 5.87. The normalized spacial score (nSPS) is 10.1. The number of methoxy groups -OCH3 is 1. The highest BCUT2D eigenvalue weighted by molar-refractivity contribution is 6.04. The summed E-state index contributed by atoms with van der Waals surface area (Å²) in [4.78, 5) is 39.8. The summed E-state index contributed by atoms with van der Waals surface area (Å²) >= 11 is 0. The molecule has 29 heavy (non-hydrogen) atoms. The number of benzene rings is 2. The molecule has 2 N–H and O–H groups in total. The molecular weight excluding hydrogens is 370 g/mol. The number of carbonyl (C=O) groups excluding carboxylic acids is 3. The molecule has 0 fully saturated rings. The van der Waals surface area contributed by atoms with Crippen LogP contribution in [-0.2, 0) is 4.74 Å². The summed E-state index contributed by atoms with van der Waals surface area (Å²) in [5.74, 6) is -0.941. The Kier molecular flexibility index (Phi) is 5.99. The molecule has 0 unspecified atom stereocenters. The first-order valence-corrected chi connectivity index (χ1v) is 8.80. The van der Waals surface area contributed by atoms with Crippen LogP contribution in [0.4, 0.5) is 17.1 Å². The molecule has 2 aromatic carbocycles. The first-order chi connectivity index (χ1) is 14.0. The van der Waals surface area contributed by atoms with Crippen molar-refractivity contribution in [1.29, 1.82) is 0 Å². The van der Waals surface area contributed by atoms with E-state index in [9.17, 15) is 14.4 Å². The zero-order valence-corrected chi connectivity index (χ0v) is 15.9. The minimum absolute atomic E-state index is 0.0300. The average Bonchev–Trinajstić information content (AvgIpc) is 2.73. The second-order valence-corrected chi connectivity index (χ2v) is 6.22. The first kappa shape index (κ1) is 19.8. The van der Waals surface area contributed by atoms with E-state index >= 15 is 0 Å². The van der Waals surface area contributed by atoms with Crippen molar-refractivity contribution in [1.82, 2.24) is 4.98 Å². The summed E-state index contributed by atoms with van der Waals surface area (Å²) < 4.78 is 4.68.